The lowest BCUT2D eigenvalue weighted by molar-refractivity contribution is 0.142. The lowest BCUT2D eigenvalue weighted by Gasteiger charge is -2.20. The first kappa shape index (κ1) is 17.2. The zero-order valence-corrected chi connectivity index (χ0v) is 13.9. The third-order valence-electron chi connectivity index (χ3n) is 3.32. The van der Waals surface area contributed by atoms with Crippen LogP contribution in [0.3, 0.4) is 0 Å². The number of rotatable bonds is 8. The molecular weight excluding hydrogens is 252 g/mol. The van der Waals surface area contributed by atoms with Gasteiger partial charge in [-0.15, -0.1) is 0 Å². The molecule has 0 unspecified atom stereocenters. The van der Waals surface area contributed by atoms with Crippen molar-refractivity contribution in [2.24, 2.45) is 0 Å². The van der Waals surface area contributed by atoms with E-state index in [1.165, 1.54) is 5.56 Å². The van der Waals surface area contributed by atoms with Gasteiger partial charge in [-0.1, -0.05) is 6.92 Å². The van der Waals surface area contributed by atoms with E-state index in [1.807, 2.05) is 6.92 Å². The summed E-state index contributed by atoms with van der Waals surface area (Å²) in [4.78, 5) is 2.32. The summed E-state index contributed by atoms with van der Waals surface area (Å²) in [6, 6.07) is 2.17. The molecule has 1 aromatic rings. The summed E-state index contributed by atoms with van der Waals surface area (Å²) in [5.41, 5.74) is 1.37. The molecule has 0 saturated carbocycles. The fourth-order valence-electron chi connectivity index (χ4n) is 1.99. The zero-order chi connectivity index (χ0) is 15.2. The van der Waals surface area contributed by atoms with Crippen LogP contribution in [0.25, 0.3) is 0 Å². The topological polar surface area (TPSA) is 37.6 Å². The van der Waals surface area contributed by atoms with Gasteiger partial charge in [0.05, 0.1) is 13.2 Å². The molecule has 0 aliphatic rings. The lowest BCUT2D eigenvalue weighted by atomic mass is 10.1. The van der Waals surface area contributed by atoms with Crippen molar-refractivity contribution < 1.29 is 9.15 Å². The molecule has 0 bridgehead atoms. The molecule has 0 aliphatic carbocycles. The van der Waals surface area contributed by atoms with Crippen LogP contribution in [0.2, 0.25) is 0 Å². The van der Waals surface area contributed by atoms with Crippen LogP contribution in [0.5, 0.6) is 0 Å². The van der Waals surface area contributed by atoms with Crippen LogP contribution in [0.4, 0.5) is 0 Å². The maximum Gasteiger partial charge on any atom is 0.118 e. The first-order chi connectivity index (χ1) is 9.35. The molecule has 0 aliphatic heterocycles. The van der Waals surface area contributed by atoms with E-state index in [9.17, 15) is 0 Å². The Bertz CT molecular complexity index is 394. The van der Waals surface area contributed by atoms with Crippen molar-refractivity contribution in [3.05, 3.63) is 23.2 Å². The SMILES string of the molecule is CCN(CCOC)Cc1cc(CNC(C)(C)C)c(C)o1. The average Bonchev–Trinajstić information content (AvgIpc) is 2.71. The summed E-state index contributed by atoms with van der Waals surface area (Å²) in [6.07, 6.45) is 0. The third kappa shape index (κ3) is 6.07. The monoisotopic (exact) mass is 282 g/mol. The summed E-state index contributed by atoms with van der Waals surface area (Å²) in [7, 11) is 1.74. The smallest absolute Gasteiger partial charge is 0.118 e. The molecule has 4 nitrogen and oxygen atoms in total. The predicted octanol–water partition coefficient (Wildman–Crippen LogP) is 2.94. The number of hydrogen-bond donors (Lipinski definition) is 1. The highest BCUT2D eigenvalue weighted by Gasteiger charge is 2.14. The summed E-state index contributed by atoms with van der Waals surface area (Å²) < 4.78 is 11.0. The molecule has 116 valence electrons. The van der Waals surface area contributed by atoms with Crippen LogP contribution in [0.15, 0.2) is 10.5 Å². The van der Waals surface area contributed by atoms with Gasteiger partial charge in [-0.05, 0) is 40.3 Å². The lowest BCUT2D eigenvalue weighted by Crippen LogP contribution is -2.35. The van der Waals surface area contributed by atoms with E-state index in [2.05, 4.69) is 44.0 Å². The average molecular weight is 282 g/mol. The number of nitrogens with zero attached hydrogens (tertiary/aromatic N) is 1. The van der Waals surface area contributed by atoms with Gasteiger partial charge in [-0.25, -0.2) is 0 Å². The van der Waals surface area contributed by atoms with E-state index in [-0.39, 0.29) is 5.54 Å². The van der Waals surface area contributed by atoms with Crippen molar-refractivity contribution in [3.8, 4) is 0 Å². The largest absolute Gasteiger partial charge is 0.465 e. The van der Waals surface area contributed by atoms with Crippen LogP contribution in [0.1, 0.15) is 44.8 Å². The Hall–Kier alpha value is -0.840. The van der Waals surface area contributed by atoms with E-state index in [4.69, 9.17) is 9.15 Å². The van der Waals surface area contributed by atoms with Gasteiger partial charge in [0.25, 0.3) is 0 Å². The van der Waals surface area contributed by atoms with Gasteiger partial charge in [-0.2, -0.15) is 0 Å². The molecule has 0 saturated heterocycles. The van der Waals surface area contributed by atoms with E-state index in [0.29, 0.717) is 0 Å². The van der Waals surface area contributed by atoms with Gasteiger partial charge < -0.3 is 14.5 Å². The highest BCUT2D eigenvalue weighted by molar-refractivity contribution is 5.21. The molecule has 1 aromatic heterocycles. The maximum absolute atomic E-state index is 5.87. The number of hydrogen-bond acceptors (Lipinski definition) is 4. The summed E-state index contributed by atoms with van der Waals surface area (Å²) in [5, 5.41) is 3.50. The van der Waals surface area contributed by atoms with Crippen molar-refractivity contribution in [2.45, 2.75) is 53.2 Å². The van der Waals surface area contributed by atoms with Gasteiger partial charge in [-0.3, -0.25) is 4.90 Å². The van der Waals surface area contributed by atoms with Crippen molar-refractivity contribution in [1.29, 1.82) is 0 Å². The third-order valence-corrected chi connectivity index (χ3v) is 3.32. The Kier molecular flexibility index (Phi) is 6.72. The molecule has 0 amide bonds. The number of methoxy groups -OCH3 is 1. The number of furan rings is 1. The number of ether oxygens (including phenoxy) is 1. The van der Waals surface area contributed by atoms with Crippen molar-refractivity contribution >= 4 is 0 Å². The molecule has 1 rings (SSSR count). The van der Waals surface area contributed by atoms with E-state index in [0.717, 1.165) is 44.3 Å². The fourth-order valence-corrected chi connectivity index (χ4v) is 1.99. The van der Waals surface area contributed by atoms with Gasteiger partial charge in [0, 0.05) is 31.3 Å². The molecule has 4 heteroatoms. The van der Waals surface area contributed by atoms with Crippen LogP contribution in [-0.2, 0) is 17.8 Å². The van der Waals surface area contributed by atoms with E-state index < -0.39 is 0 Å². The van der Waals surface area contributed by atoms with E-state index in [1.54, 1.807) is 7.11 Å². The molecule has 0 atom stereocenters. The Morgan fingerprint density at radius 2 is 2.05 bits per heavy atom. The van der Waals surface area contributed by atoms with Crippen LogP contribution < -0.4 is 5.32 Å². The van der Waals surface area contributed by atoms with Crippen LogP contribution in [0, 0.1) is 6.92 Å². The minimum absolute atomic E-state index is 0.123. The molecular formula is C16H30N2O2. The molecule has 0 fully saturated rings. The molecule has 0 aromatic carbocycles. The number of likely N-dealkylation sites (N-methyl/N-ethyl adjacent to an activating group) is 1. The van der Waals surface area contributed by atoms with Gasteiger partial charge in [0.1, 0.15) is 11.5 Å². The van der Waals surface area contributed by atoms with Crippen molar-refractivity contribution in [3.63, 3.8) is 0 Å². The predicted molar refractivity (Wildman–Crippen MR) is 82.9 cm³/mol. The quantitative estimate of drug-likeness (QED) is 0.795. The Morgan fingerprint density at radius 3 is 2.60 bits per heavy atom. The maximum atomic E-state index is 5.87. The minimum Gasteiger partial charge on any atom is -0.465 e. The van der Waals surface area contributed by atoms with Gasteiger partial charge >= 0.3 is 0 Å². The zero-order valence-electron chi connectivity index (χ0n) is 13.9. The summed E-state index contributed by atoms with van der Waals surface area (Å²) in [6.45, 7) is 15.1. The minimum atomic E-state index is 0.123. The second-order valence-electron chi connectivity index (χ2n) is 6.26. The summed E-state index contributed by atoms with van der Waals surface area (Å²) >= 11 is 0. The second-order valence-corrected chi connectivity index (χ2v) is 6.26. The Labute approximate surface area is 123 Å². The Balaban J connectivity index is 2.59. The highest BCUT2D eigenvalue weighted by atomic mass is 16.5. The first-order valence-corrected chi connectivity index (χ1v) is 7.40. The Morgan fingerprint density at radius 1 is 1.35 bits per heavy atom. The molecule has 0 spiro atoms. The second kappa shape index (κ2) is 7.81. The van der Waals surface area contributed by atoms with Crippen molar-refractivity contribution in [1.82, 2.24) is 10.2 Å². The van der Waals surface area contributed by atoms with Crippen LogP contribution in [-0.4, -0.2) is 37.2 Å². The molecule has 0 radical (unpaired) electrons. The van der Waals surface area contributed by atoms with Gasteiger partial charge in [0.15, 0.2) is 0 Å². The highest BCUT2D eigenvalue weighted by Crippen LogP contribution is 2.17. The van der Waals surface area contributed by atoms with Crippen molar-refractivity contribution in [2.75, 3.05) is 26.8 Å². The van der Waals surface area contributed by atoms with Gasteiger partial charge in [0.2, 0.25) is 0 Å². The molecule has 1 N–H and O–H groups in total. The standard InChI is InChI=1S/C16H30N2O2/c1-7-18(8-9-19-6)12-15-10-14(13(2)20-15)11-17-16(3,4)5/h10,17H,7-9,11-12H2,1-6H3. The number of nitrogens with one attached hydrogen (secondary N) is 1. The van der Waals surface area contributed by atoms with Crippen LogP contribution >= 0.6 is 0 Å². The summed E-state index contributed by atoms with van der Waals surface area (Å²) in [5.74, 6) is 2.05. The first-order valence-electron chi connectivity index (χ1n) is 7.40. The number of aryl methyl sites for hydroxylation is 1. The fraction of sp³-hybridized carbons (Fsp3) is 0.750. The normalized spacial score (nSPS) is 12.3. The molecule has 20 heavy (non-hydrogen) atoms. The van der Waals surface area contributed by atoms with E-state index >= 15 is 0 Å². The molecule has 1 heterocycles.